The fourth-order valence-corrected chi connectivity index (χ4v) is 17.4. The molecule has 0 radical (unpaired) electrons. The van der Waals surface area contributed by atoms with Crippen LogP contribution >= 0.6 is 0 Å². The van der Waals surface area contributed by atoms with E-state index < -0.39 is 226 Å². The smallest absolute Gasteiger partial charge is 0.317 e. The molecule has 27 nitrogen and oxygen atoms in total. The molecule has 0 amide bonds. The first-order valence-corrected chi connectivity index (χ1v) is 29.7. The van der Waals surface area contributed by atoms with Crippen LogP contribution in [0.4, 0.5) is 0 Å². The van der Waals surface area contributed by atoms with E-state index >= 15 is 4.79 Å². The van der Waals surface area contributed by atoms with Gasteiger partial charge in [-0.2, -0.15) is 0 Å². The van der Waals surface area contributed by atoms with Gasteiger partial charge in [-0.1, -0.05) is 53.2 Å². The van der Waals surface area contributed by atoms with Gasteiger partial charge < -0.3 is 129 Å². The average Bonchev–Trinajstić information content (AvgIpc) is 1.12. The van der Waals surface area contributed by atoms with Gasteiger partial charge in [-0.25, -0.2) is 0 Å². The predicted molar refractivity (Wildman–Crippen MR) is 280 cm³/mol. The number of esters is 1. The van der Waals surface area contributed by atoms with Crippen LogP contribution in [0.1, 0.15) is 99.8 Å². The number of carbonyl (C=O) groups is 1. The first kappa shape index (κ1) is 65.2. The normalized spacial score (nSPS) is 55.6. The Hall–Kier alpha value is -1.79. The van der Waals surface area contributed by atoms with E-state index in [2.05, 4.69) is 40.7 Å². The summed E-state index contributed by atoms with van der Waals surface area (Å²) in [6, 6.07) is 0. The van der Waals surface area contributed by atoms with Crippen molar-refractivity contribution in [2.75, 3.05) is 39.6 Å². The third kappa shape index (κ3) is 10.4. The zero-order chi connectivity index (χ0) is 61.3. The second-order valence-corrected chi connectivity index (χ2v) is 28.0. The minimum atomic E-state index is -2.07. The Labute approximate surface area is 486 Å². The molecule has 16 N–H and O–H groups in total. The third-order valence-corrected chi connectivity index (χ3v) is 22.6. The summed E-state index contributed by atoms with van der Waals surface area (Å²) in [5.41, 5.74) is -6.04. The van der Waals surface area contributed by atoms with Gasteiger partial charge in [0.1, 0.15) is 90.4 Å². The van der Waals surface area contributed by atoms with E-state index in [1.807, 2.05) is 6.92 Å². The Kier molecular flexibility index (Phi) is 18.2. The second-order valence-electron chi connectivity index (χ2n) is 28.0. The van der Waals surface area contributed by atoms with Crippen molar-refractivity contribution >= 4 is 5.97 Å². The minimum absolute atomic E-state index is 0.124. The maximum Gasteiger partial charge on any atom is 0.317 e. The van der Waals surface area contributed by atoms with E-state index in [0.717, 1.165) is 5.57 Å². The maximum atomic E-state index is 15.4. The molecule has 5 heterocycles. The number of hydrogen-bond donors (Lipinski definition) is 16. The van der Waals surface area contributed by atoms with E-state index in [4.69, 9.17) is 47.4 Å². The van der Waals surface area contributed by atoms with Gasteiger partial charge in [0.25, 0.3) is 0 Å². The Morgan fingerprint density at radius 1 is 0.607 bits per heavy atom. The predicted octanol–water partition coefficient (Wildman–Crippen LogP) is -4.35. The lowest BCUT2D eigenvalue weighted by atomic mass is 9.33. The molecule has 0 aromatic rings. The van der Waals surface area contributed by atoms with Crippen molar-refractivity contribution in [1.82, 2.24) is 0 Å². The van der Waals surface area contributed by atoms with Gasteiger partial charge in [-0.3, -0.25) is 4.79 Å². The molecule has 9 fully saturated rings. The van der Waals surface area contributed by atoms with Crippen LogP contribution in [0.2, 0.25) is 0 Å². The van der Waals surface area contributed by atoms with Crippen molar-refractivity contribution in [2.45, 2.75) is 247 Å². The van der Waals surface area contributed by atoms with Crippen LogP contribution in [0, 0.1) is 50.2 Å². The van der Waals surface area contributed by atoms with Crippen molar-refractivity contribution in [3.63, 3.8) is 0 Å². The Morgan fingerprint density at radius 3 is 1.92 bits per heavy atom. The molecule has 27 heteroatoms. The number of carbonyl (C=O) groups excluding carboxylic acids is 1. The lowest BCUT2D eigenvalue weighted by Crippen LogP contribution is -2.70. The maximum absolute atomic E-state index is 15.4. The monoisotopic (exact) mass is 1210 g/mol. The lowest BCUT2D eigenvalue weighted by Gasteiger charge is -2.72. The summed E-state index contributed by atoms with van der Waals surface area (Å²) in [5, 5.41) is 176. The molecule has 10 rings (SSSR count). The van der Waals surface area contributed by atoms with Gasteiger partial charge in [0.15, 0.2) is 31.3 Å². The molecule has 32 atom stereocenters. The number of fused-ring (bicyclic) bond motifs is 7. The SMILES string of the molecule is C[C@@H]1O[C@@H](O[C@H]2[C@H](OC(=O)[C@]34CCC(C)(C)C[C@H]3C3=CC[C@@H]5[C@@]6(C)C[C@H](O)[C@H](O[C@@H]7O[C@H](CO)[C@@H](O)[C@H](O)[C@H]7O)[C@@](C)(CO)[C@@H]6CC[C@@]5(C)[C@]3(C)C[C@H]4O)OC[C@H](O)[C@@H]2O)[C@H](O)[C@H](O)[C@H]1O[C@@H]1OC[C@@H](O)[C@H](O[C@@H]2OC[C@](O)(CO)[C@H]2O)[C@H]1O. The molecular weight excluding hydrogens is 1120 g/mol. The molecule has 0 aromatic heterocycles. The fourth-order valence-electron chi connectivity index (χ4n) is 17.4. The minimum Gasteiger partial charge on any atom is -0.432 e. The summed E-state index contributed by atoms with van der Waals surface area (Å²) in [4.78, 5) is 15.4. The zero-order valence-electron chi connectivity index (χ0n) is 48.6. The van der Waals surface area contributed by atoms with Crippen LogP contribution in [0.3, 0.4) is 0 Å². The second kappa shape index (κ2) is 23.5. The molecule has 5 aliphatic heterocycles. The highest BCUT2D eigenvalue weighted by Crippen LogP contribution is 2.76. The fraction of sp³-hybridized carbons (Fsp3) is 0.947. The van der Waals surface area contributed by atoms with Crippen LogP contribution in [0.15, 0.2) is 11.6 Å². The quantitative estimate of drug-likeness (QED) is 0.0471. The largest absolute Gasteiger partial charge is 0.432 e. The van der Waals surface area contributed by atoms with Crippen LogP contribution in [-0.4, -0.2) is 274 Å². The topological polar surface area (TPSA) is 433 Å². The Bertz CT molecular complexity index is 2370. The van der Waals surface area contributed by atoms with Crippen molar-refractivity contribution in [3.05, 3.63) is 11.6 Å². The molecule has 5 saturated heterocycles. The van der Waals surface area contributed by atoms with Crippen LogP contribution in [-0.2, 0) is 52.2 Å². The molecular formula is C57H92O27. The molecule has 84 heavy (non-hydrogen) atoms. The summed E-state index contributed by atoms with van der Waals surface area (Å²) in [6.07, 6.45) is -31.2. The Balaban J connectivity index is 0.858. The lowest BCUT2D eigenvalue weighted by molar-refractivity contribution is -0.372. The van der Waals surface area contributed by atoms with Crippen LogP contribution in [0.5, 0.6) is 0 Å². The molecule has 0 spiro atoms. The van der Waals surface area contributed by atoms with E-state index in [1.54, 1.807) is 0 Å². The molecule has 10 aliphatic rings. The van der Waals surface area contributed by atoms with E-state index in [9.17, 15) is 81.7 Å². The molecule has 482 valence electrons. The molecule has 0 unspecified atom stereocenters. The third-order valence-electron chi connectivity index (χ3n) is 22.6. The van der Waals surface area contributed by atoms with Crippen LogP contribution < -0.4 is 0 Å². The number of rotatable bonds is 13. The number of aliphatic hydroxyl groups excluding tert-OH is 15. The molecule has 4 saturated carbocycles. The van der Waals surface area contributed by atoms with E-state index in [1.165, 1.54) is 6.92 Å². The van der Waals surface area contributed by atoms with Crippen molar-refractivity contribution in [2.24, 2.45) is 50.2 Å². The highest BCUT2D eigenvalue weighted by molar-refractivity contribution is 5.80. The number of aliphatic hydroxyl groups is 16. The standard InChI is InChI=1S/C57H92O27/c1-23-40(80-45-39(71)41(28(63)19-75-45)81-49-43(72)56(74,21-60)22-77-49)36(68)38(70)46(78-23)82-42-33(65)27(62)18-76-48(42)84-50(73)57-13-12-51(2,3)14-25(57)24-8-9-31-52(4)15-26(61)44(83-47-37(69)35(67)34(66)29(17-58)79-47)53(5,20-59)30(52)10-11-54(31,6)55(24,7)16-32(57)64/h8,23,25-49,58-72,74H,9-22H2,1-7H3/t23-,25-,26-,27-,28+,29+,30+,31+,32+,33-,34+,35-,36-,37+,38+,39+,40-,41-,42+,43-,44-,45-,46-,47-,48-,49-,52-,53-,54+,55+,56+,57+/m0/s1. The van der Waals surface area contributed by atoms with Crippen molar-refractivity contribution in [3.8, 4) is 0 Å². The van der Waals surface area contributed by atoms with Crippen LogP contribution in [0.25, 0.3) is 0 Å². The molecule has 0 aromatic carbocycles. The summed E-state index contributed by atoms with van der Waals surface area (Å²) in [5.74, 6) is -1.84. The highest BCUT2D eigenvalue weighted by Gasteiger charge is 2.73. The summed E-state index contributed by atoms with van der Waals surface area (Å²) in [7, 11) is 0. The Morgan fingerprint density at radius 2 is 1.25 bits per heavy atom. The highest BCUT2D eigenvalue weighted by atomic mass is 16.8. The number of hydrogen-bond acceptors (Lipinski definition) is 27. The molecule has 0 bridgehead atoms. The number of ether oxygens (including phenoxy) is 10. The van der Waals surface area contributed by atoms with Gasteiger partial charge in [0.2, 0.25) is 6.29 Å². The molecule has 5 aliphatic carbocycles. The summed E-state index contributed by atoms with van der Waals surface area (Å²) >= 11 is 0. The number of allylic oxidation sites excluding steroid dienone is 2. The first-order chi connectivity index (χ1) is 39.3. The summed E-state index contributed by atoms with van der Waals surface area (Å²) < 4.78 is 58.6. The zero-order valence-corrected chi connectivity index (χ0v) is 48.6. The van der Waals surface area contributed by atoms with Crippen molar-refractivity contribution < 1.29 is 134 Å². The van der Waals surface area contributed by atoms with Gasteiger partial charge >= 0.3 is 5.97 Å². The van der Waals surface area contributed by atoms with E-state index in [-0.39, 0.29) is 36.5 Å². The van der Waals surface area contributed by atoms with Gasteiger partial charge in [-0.05, 0) is 97.7 Å². The summed E-state index contributed by atoms with van der Waals surface area (Å²) in [6.45, 7) is 10.4. The van der Waals surface area contributed by atoms with E-state index in [0.29, 0.717) is 32.1 Å². The van der Waals surface area contributed by atoms with Gasteiger partial charge in [0, 0.05) is 5.41 Å². The average molecular weight is 1210 g/mol. The first-order valence-electron chi connectivity index (χ1n) is 29.7. The van der Waals surface area contributed by atoms with Gasteiger partial charge in [0.05, 0.1) is 64.1 Å². The van der Waals surface area contributed by atoms with Crippen molar-refractivity contribution in [1.29, 1.82) is 0 Å². The van der Waals surface area contributed by atoms with Gasteiger partial charge in [-0.15, -0.1) is 0 Å².